The average molecular weight is 339 g/mol. The van der Waals surface area contributed by atoms with E-state index in [9.17, 15) is 19.1 Å². The van der Waals surface area contributed by atoms with E-state index < -0.39 is 28.6 Å². The standard InChI is InChI=1S/C17H22FNO5/c1-5-24-12-9-17(15(21)22,16(12,2)3)19-14(20)10-7-6-8-11(23-4)13(10)18/h6-8,12H,5,9H2,1-4H3,(H,19,20)(H,21,22)/t12-,17-/m0/s1. The third-order valence-corrected chi connectivity index (χ3v) is 4.88. The largest absolute Gasteiger partial charge is 0.494 e. The summed E-state index contributed by atoms with van der Waals surface area (Å²) in [6.07, 6.45) is -0.172. The van der Waals surface area contributed by atoms with E-state index in [-0.39, 0.29) is 23.8 Å². The SMILES string of the molecule is CCO[C@H]1C[C@](NC(=O)c2cccc(OC)c2F)(C(=O)O)C1(C)C. The van der Waals surface area contributed by atoms with Crippen molar-refractivity contribution in [2.24, 2.45) is 5.41 Å². The van der Waals surface area contributed by atoms with Gasteiger partial charge in [0.25, 0.3) is 5.91 Å². The second kappa shape index (κ2) is 6.39. The van der Waals surface area contributed by atoms with Gasteiger partial charge in [0.2, 0.25) is 0 Å². The van der Waals surface area contributed by atoms with E-state index in [1.807, 2.05) is 6.92 Å². The van der Waals surface area contributed by atoms with Crippen molar-refractivity contribution in [1.29, 1.82) is 0 Å². The number of hydrogen-bond acceptors (Lipinski definition) is 4. The molecule has 6 nitrogen and oxygen atoms in total. The molecule has 1 aromatic carbocycles. The van der Waals surface area contributed by atoms with Gasteiger partial charge in [-0.25, -0.2) is 9.18 Å². The zero-order valence-electron chi connectivity index (χ0n) is 14.2. The van der Waals surface area contributed by atoms with Crippen molar-refractivity contribution < 1.29 is 28.6 Å². The van der Waals surface area contributed by atoms with Crippen LogP contribution in [0.3, 0.4) is 0 Å². The molecular formula is C17H22FNO5. The van der Waals surface area contributed by atoms with Gasteiger partial charge in [0.15, 0.2) is 11.6 Å². The average Bonchev–Trinajstić information content (AvgIpc) is 2.53. The predicted molar refractivity (Wildman–Crippen MR) is 84.6 cm³/mol. The number of carboxylic acid groups (broad SMARTS) is 1. The van der Waals surface area contributed by atoms with Crippen LogP contribution in [-0.4, -0.2) is 42.3 Å². The molecule has 0 aromatic heterocycles. The molecule has 1 saturated carbocycles. The lowest BCUT2D eigenvalue weighted by molar-refractivity contribution is -0.190. The highest BCUT2D eigenvalue weighted by molar-refractivity contribution is 5.99. The number of nitrogens with one attached hydrogen (secondary N) is 1. The number of amides is 1. The molecule has 1 aliphatic rings. The van der Waals surface area contributed by atoms with E-state index >= 15 is 0 Å². The monoisotopic (exact) mass is 339 g/mol. The molecular weight excluding hydrogens is 317 g/mol. The third-order valence-electron chi connectivity index (χ3n) is 4.88. The number of methoxy groups -OCH3 is 1. The molecule has 2 atom stereocenters. The highest BCUT2D eigenvalue weighted by atomic mass is 19.1. The molecule has 0 heterocycles. The number of halogens is 1. The van der Waals surface area contributed by atoms with Gasteiger partial charge in [0.1, 0.15) is 5.54 Å². The van der Waals surface area contributed by atoms with Gasteiger partial charge in [-0.2, -0.15) is 0 Å². The van der Waals surface area contributed by atoms with Crippen molar-refractivity contribution in [2.45, 2.75) is 38.8 Å². The number of carbonyl (C=O) groups is 2. The Balaban J connectivity index is 2.31. The summed E-state index contributed by atoms with van der Waals surface area (Å²) >= 11 is 0. The molecule has 1 aromatic rings. The summed E-state index contributed by atoms with van der Waals surface area (Å²) < 4.78 is 24.6. The number of ether oxygens (including phenoxy) is 2. The first-order valence-corrected chi connectivity index (χ1v) is 7.71. The molecule has 0 radical (unpaired) electrons. The molecule has 0 bridgehead atoms. The van der Waals surface area contributed by atoms with Crippen LogP contribution in [0.5, 0.6) is 5.75 Å². The van der Waals surface area contributed by atoms with Crippen molar-refractivity contribution in [3.8, 4) is 5.75 Å². The summed E-state index contributed by atoms with van der Waals surface area (Å²) in [6.45, 7) is 5.70. The van der Waals surface area contributed by atoms with Crippen molar-refractivity contribution in [2.75, 3.05) is 13.7 Å². The molecule has 0 unspecified atom stereocenters. The van der Waals surface area contributed by atoms with Crippen LogP contribution in [0.25, 0.3) is 0 Å². The van der Waals surface area contributed by atoms with Crippen molar-refractivity contribution >= 4 is 11.9 Å². The second-order valence-corrected chi connectivity index (χ2v) is 6.36. The van der Waals surface area contributed by atoms with Crippen LogP contribution < -0.4 is 10.1 Å². The Morgan fingerprint density at radius 1 is 1.42 bits per heavy atom. The van der Waals surface area contributed by atoms with E-state index in [0.29, 0.717) is 6.61 Å². The number of aliphatic carboxylic acids is 1. The first-order valence-electron chi connectivity index (χ1n) is 7.71. The van der Waals surface area contributed by atoms with E-state index in [1.165, 1.54) is 25.3 Å². The first-order chi connectivity index (χ1) is 11.2. The quantitative estimate of drug-likeness (QED) is 0.830. The molecule has 7 heteroatoms. The van der Waals surface area contributed by atoms with Gasteiger partial charge < -0.3 is 19.9 Å². The Morgan fingerprint density at radius 2 is 2.08 bits per heavy atom. The number of carboxylic acids is 1. The minimum atomic E-state index is -1.51. The minimum Gasteiger partial charge on any atom is -0.494 e. The Hall–Kier alpha value is -2.15. The summed E-state index contributed by atoms with van der Waals surface area (Å²) in [5.41, 5.74) is -2.61. The number of benzene rings is 1. The number of carbonyl (C=O) groups excluding carboxylic acids is 1. The van der Waals surface area contributed by atoms with Crippen LogP contribution in [0, 0.1) is 11.2 Å². The highest BCUT2D eigenvalue weighted by Gasteiger charge is 2.66. The first kappa shape index (κ1) is 18.2. The molecule has 0 saturated heterocycles. The zero-order chi connectivity index (χ0) is 18.1. The van der Waals surface area contributed by atoms with E-state index in [1.54, 1.807) is 13.8 Å². The van der Waals surface area contributed by atoms with Crippen LogP contribution in [0.4, 0.5) is 4.39 Å². The number of rotatable bonds is 6. The van der Waals surface area contributed by atoms with E-state index in [0.717, 1.165) is 0 Å². The summed E-state index contributed by atoms with van der Waals surface area (Å²) in [7, 11) is 1.29. The fourth-order valence-corrected chi connectivity index (χ4v) is 3.14. The molecule has 0 aliphatic heterocycles. The van der Waals surface area contributed by atoms with Crippen LogP contribution in [0.1, 0.15) is 37.6 Å². The lowest BCUT2D eigenvalue weighted by atomic mass is 9.54. The molecule has 2 rings (SSSR count). The molecule has 1 fully saturated rings. The van der Waals surface area contributed by atoms with E-state index in [2.05, 4.69) is 5.32 Å². The maximum Gasteiger partial charge on any atom is 0.330 e. The van der Waals surface area contributed by atoms with Crippen molar-refractivity contribution in [3.05, 3.63) is 29.6 Å². The van der Waals surface area contributed by atoms with Gasteiger partial charge in [-0.1, -0.05) is 19.9 Å². The second-order valence-electron chi connectivity index (χ2n) is 6.36. The molecule has 0 spiro atoms. The molecule has 2 N–H and O–H groups in total. The molecule has 132 valence electrons. The van der Waals surface area contributed by atoms with E-state index in [4.69, 9.17) is 9.47 Å². The minimum absolute atomic E-state index is 0.0768. The smallest absolute Gasteiger partial charge is 0.330 e. The fourth-order valence-electron chi connectivity index (χ4n) is 3.14. The molecule has 1 amide bonds. The van der Waals surface area contributed by atoms with Gasteiger partial charge in [-0.05, 0) is 19.1 Å². The topological polar surface area (TPSA) is 84.9 Å². The predicted octanol–water partition coefficient (Wildman–Crippen LogP) is 2.22. The maximum atomic E-state index is 14.3. The Bertz CT molecular complexity index is 660. The van der Waals surface area contributed by atoms with Crippen LogP contribution in [-0.2, 0) is 9.53 Å². The van der Waals surface area contributed by atoms with Gasteiger partial charge >= 0.3 is 5.97 Å². The molecule has 1 aliphatic carbocycles. The van der Waals surface area contributed by atoms with Crippen LogP contribution >= 0.6 is 0 Å². The van der Waals surface area contributed by atoms with Crippen molar-refractivity contribution in [1.82, 2.24) is 5.32 Å². The lowest BCUT2D eigenvalue weighted by Gasteiger charge is -2.58. The third kappa shape index (κ3) is 2.62. The fraction of sp³-hybridized carbons (Fsp3) is 0.529. The lowest BCUT2D eigenvalue weighted by Crippen LogP contribution is -2.76. The normalized spacial score (nSPS) is 24.8. The van der Waals surface area contributed by atoms with Crippen LogP contribution in [0.15, 0.2) is 18.2 Å². The van der Waals surface area contributed by atoms with Gasteiger partial charge in [0, 0.05) is 18.4 Å². The van der Waals surface area contributed by atoms with Gasteiger partial charge in [0.05, 0.1) is 18.8 Å². The summed E-state index contributed by atoms with van der Waals surface area (Å²) in [5, 5.41) is 12.2. The Morgan fingerprint density at radius 3 is 2.58 bits per heavy atom. The summed E-state index contributed by atoms with van der Waals surface area (Å²) in [4.78, 5) is 24.3. The Labute approximate surface area is 139 Å². The van der Waals surface area contributed by atoms with Crippen LogP contribution in [0.2, 0.25) is 0 Å². The number of hydrogen-bond donors (Lipinski definition) is 2. The summed E-state index contributed by atoms with van der Waals surface area (Å²) in [5.74, 6) is -2.86. The summed E-state index contributed by atoms with van der Waals surface area (Å²) in [6, 6.07) is 4.14. The van der Waals surface area contributed by atoms with Crippen molar-refractivity contribution in [3.63, 3.8) is 0 Å². The highest BCUT2D eigenvalue weighted by Crippen LogP contribution is 2.51. The van der Waals surface area contributed by atoms with Gasteiger partial charge in [-0.3, -0.25) is 4.79 Å². The molecule has 24 heavy (non-hydrogen) atoms. The maximum absolute atomic E-state index is 14.3. The van der Waals surface area contributed by atoms with Gasteiger partial charge in [-0.15, -0.1) is 0 Å². The Kier molecular flexibility index (Phi) is 4.85. The zero-order valence-corrected chi connectivity index (χ0v) is 14.2.